The van der Waals surface area contributed by atoms with Crippen LogP contribution in [0, 0.1) is 23.2 Å². The number of nitrogens with one attached hydrogen (secondary N) is 3. The summed E-state index contributed by atoms with van der Waals surface area (Å²) in [5.41, 5.74) is 6.39. The molecule has 0 radical (unpaired) electrons. The first kappa shape index (κ1) is 25.7. The van der Waals surface area contributed by atoms with E-state index < -0.39 is 0 Å². The molecule has 10 nitrogen and oxygen atoms in total. The Balaban J connectivity index is 1.59. The lowest BCUT2D eigenvalue weighted by Crippen LogP contribution is -2.32. The van der Waals surface area contributed by atoms with Crippen LogP contribution >= 0.6 is 11.6 Å². The molecule has 1 aromatic heterocycles. The van der Waals surface area contributed by atoms with Gasteiger partial charge in [-0.3, -0.25) is 9.79 Å². The van der Waals surface area contributed by atoms with Gasteiger partial charge >= 0.3 is 0 Å². The molecule has 5 N–H and O–H groups in total. The van der Waals surface area contributed by atoms with Crippen molar-refractivity contribution in [2.75, 3.05) is 37.3 Å². The molecule has 1 amide bonds. The summed E-state index contributed by atoms with van der Waals surface area (Å²) < 4.78 is 0. The highest BCUT2D eigenvalue weighted by Gasteiger charge is 2.33. The number of nitrogens with zero attached hydrogens (tertiary/aromatic N) is 5. The summed E-state index contributed by atoms with van der Waals surface area (Å²) in [4.78, 5) is 27.1. The van der Waals surface area contributed by atoms with Gasteiger partial charge in [-0.15, -0.1) is 0 Å². The largest absolute Gasteiger partial charge is 0.403 e. The smallest absolute Gasteiger partial charge is 0.236 e. The molecule has 1 saturated heterocycles. The summed E-state index contributed by atoms with van der Waals surface area (Å²) in [5.74, 6) is 1.54. The second-order valence-corrected chi connectivity index (χ2v) is 9.46. The fraction of sp³-hybridized carbons (Fsp3) is 0.609. The van der Waals surface area contributed by atoms with Gasteiger partial charge in [0.15, 0.2) is 5.82 Å². The van der Waals surface area contributed by atoms with E-state index in [1.54, 1.807) is 24.4 Å². The van der Waals surface area contributed by atoms with E-state index in [0.29, 0.717) is 40.9 Å². The third kappa shape index (κ3) is 7.30. The van der Waals surface area contributed by atoms with Gasteiger partial charge in [0.2, 0.25) is 11.9 Å². The first-order valence-electron chi connectivity index (χ1n) is 11.7. The number of piperidine rings is 1. The van der Waals surface area contributed by atoms with Crippen molar-refractivity contribution in [2.24, 2.45) is 22.6 Å². The first-order valence-corrected chi connectivity index (χ1v) is 12.1. The molecule has 11 heteroatoms. The number of hydrogen-bond donors (Lipinski definition) is 4. The van der Waals surface area contributed by atoms with Crippen LogP contribution in [0.3, 0.4) is 0 Å². The number of amides is 1. The Kier molecular flexibility index (Phi) is 9.48. The minimum Gasteiger partial charge on any atom is -0.403 e. The topological polar surface area (TPSA) is 144 Å². The van der Waals surface area contributed by atoms with Crippen molar-refractivity contribution in [3.63, 3.8) is 0 Å². The summed E-state index contributed by atoms with van der Waals surface area (Å²) in [6, 6.07) is 2.38. The minimum atomic E-state index is -0.145. The average molecular weight is 488 g/mol. The highest BCUT2D eigenvalue weighted by atomic mass is 35.5. The van der Waals surface area contributed by atoms with E-state index in [0.717, 1.165) is 38.8 Å². The van der Waals surface area contributed by atoms with Crippen molar-refractivity contribution in [3.05, 3.63) is 23.1 Å². The zero-order chi connectivity index (χ0) is 24.5. The molecule has 3 rings (SSSR count). The second-order valence-electron chi connectivity index (χ2n) is 9.06. The number of hydrogen-bond acceptors (Lipinski definition) is 9. The maximum Gasteiger partial charge on any atom is 0.236 e. The fourth-order valence-electron chi connectivity index (χ4n) is 4.47. The number of aliphatic imine (C=N–C) groups is 1. The van der Waals surface area contributed by atoms with Gasteiger partial charge in [-0.1, -0.05) is 18.5 Å². The monoisotopic (exact) mass is 487 g/mol. The van der Waals surface area contributed by atoms with Gasteiger partial charge in [0.1, 0.15) is 11.4 Å². The maximum absolute atomic E-state index is 12.0. The summed E-state index contributed by atoms with van der Waals surface area (Å²) >= 11 is 6.37. The number of halogens is 1. The number of anilines is 2. The van der Waals surface area contributed by atoms with Gasteiger partial charge in [-0.2, -0.15) is 10.2 Å². The summed E-state index contributed by atoms with van der Waals surface area (Å²) in [6.07, 6.45) is 8.47. The first-order chi connectivity index (χ1) is 16.4. The Hall–Kier alpha value is -2.90. The highest BCUT2D eigenvalue weighted by Crippen LogP contribution is 2.35. The number of carbonyl (C=O) groups excluding carboxylic acids is 1. The van der Waals surface area contributed by atoms with Crippen molar-refractivity contribution < 1.29 is 4.79 Å². The van der Waals surface area contributed by atoms with Crippen molar-refractivity contribution >= 4 is 35.5 Å². The quantitative estimate of drug-likeness (QED) is 0.388. The highest BCUT2D eigenvalue weighted by molar-refractivity contribution is 6.32. The lowest BCUT2D eigenvalue weighted by molar-refractivity contribution is -0.129. The lowest BCUT2D eigenvalue weighted by atomic mass is 9.98. The molecular weight excluding hydrogens is 454 g/mol. The maximum atomic E-state index is 12.0. The molecular formula is C23H34ClN9O. The van der Waals surface area contributed by atoms with Crippen molar-refractivity contribution in [1.29, 1.82) is 5.26 Å². The summed E-state index contributed by atoms with van der Waals surface area (Å²) in [7, 11) is 1.75. The van der Waals surface area contributed by atoms with Gasteiger partial charge in [0.25, 0.3) is 0 Å². The number of nitriles is 1. The van der Waals surface area contributed by atoms with Gasteiger partial charge in [0.05, 0.1) is 24.0 Å². The third-order valence-corrected chi connectivity index (χ3v) is 6.74. The van der Waals surface area contributed by atoms with Gasteiger partial charge < -0.3 is 26.6 Å². The average Bonchev–Trinajstić information content (AvgIpc) is 3.17. The molecule has 2 heterocycles. The standard InChI is InChI=1S/C23H34ClN9O/c1-15-9-18(10-16(15)14-33(2)21(34)3-6-25)30-22-20(24)13-29-23(32-22)31-19(11-26)12-28-17-4-7-27-8-5-17/h11-13,15-18,27H,3-5,7-10,14,26H2,1-2H3,(H2,29,30,31,32). The molecule has 1 aliphatic carbocycles. The summed E-state index contributed by atoms with van der Waals surface area (Å²) in [6.45, 7) is 4.76. The third-order valence-electron chi connectivity index (χ3n) is 6.47. The van der Waals surface area contributed by atoms with E-state index in [1.807, 2.05) is 6.07 Å². The van der Waals surface area contributed by atoms with Crippen LogP contribution in [0.1, 0.15) is 39.0 Å². The number of nitrogens with two attached hydrogens (primary N) is 1. The minimum absolute atomic E-state index is 0.0899. The fourth-order valence-corrected chi connectivity index (χ4v) is 4.62. The van der Waals surface area contributed by atoms with Gasteiger partial charge in [0, 0.05) is 32.0 Å². The van der Waals surface area contributed by atoms with Crippen LogP contribution in [0.2, 0.25) is 5.02 Å². The number of rotatable bonds is 9. The van der Waals surface area contributed by atoms with E-state index >= 15 is 0 Å². The molecule has 184 valence electrons. The SMILES string of the molecule is CC1CC(Nc2nc(NC(C=NC3CCNCC3)=CN)ncc2Cl)CC1CN(C)C(=O)CC#N. The number of aromatic nitrogens is 2. The molecule has 3 atom stereocenters. The Morgan fingerprint density at radius 2 is 2.21 bits per heavy atom. The van der Waals surface area contributed by atoms with Gasteiger partial charge in [-0.05, 0) is 50.6 Å². The summed E-state index contributed by atoms with van der Waals surface area (Å²) in [5, 5.41) is 19.1. The molecule has 2 fully saturated rings. The van der Waals surface area contributed by atoms with Crippen LogP contribution in [0.15, 0.2) is 23.1 Å². The number of carbonyl (C=O) groups is 1. The molecule has 3 unspecified atom stereocenters. The molecule has 0 aromatic carbocycles. The van der Waals surface area contributed by atoms with E-state index in [-0.39, 0.29) is 24.4 Å². The zero-order valence-electron chi connectivity index (χ0n) is 19.8. The Morgan fingerprint density at radius 1 is 1.44 bits per heavy atom. The predicted octanol–water partition coefficient (Wildman–Crippen LogP) is 2.36. The van der Waals surface area contributed by atoms with Crippen molar-refractivity contribution in [3.8, 4) is 6.07 Å². The van der Waals surface area contributed by atoms with Crippen LogP contribution in [-0.2, 0) is 4.79 Å². The van der Waals surface area contributed by atoms with Crippen LogP contribution < -0.4 is 21.7 Å². The Bertz CT molecular complexity index is 939. The molecule has 1 aliphatic heterocycles. The molecule has 2 aliphatic rings. The van der Waals surface area contributed by atoms with Crippen LogP contribution in [0.5, 0.6) is 0 Å². The molecule has 0 spiro atoms. The van der Waals surface area contributed by atoms with Gasteiger partial charge in [-0.25, -0.2) is 4.98 Å². The second kappa shape index (κ2) is 12.5. The van der Waals surface area contributed by atoms with Crippen LogP contribution in [0.4, 0.5) is 11.8 Å². The lowest BCUT2D eigenvalue weighted by Gasteiger charge is -2.23. The Labute approximate surface area is 206 Å². The predicted molar refractivity (Wildman–Crippen MR) is 134 cm³/mol. The van der Waals surface area contributed by atoms with E-state index in [4.69, 9.17) is 22.6 Å². The van der Waals surface area contributed by atoms with Crippen molar-refractivity contribution in [2.45, 2.75) is 51.1 Å². The zero-order valence-corrected chi connectivity index (χ0v) is 20.6. The van der Waals surface area contributed by atoms with Crippen molar-refractivity contribution in [1.82, 2.24) is 20.2 Å². The molecule has 34 heavy (non-hydrogen) atoms. The van der Waals surface area contributed by atoms with Crippen LogP contribution in [0.25, 0.3) is 0 Å². The van der Waals surface area contributed by atoms with E-state index in [2.05, 4.69) is 37.8 Å². The molecule has 1 saturated carbocycles. The molecule has 1 aromatic rings. The normalized spacial score (nSPS) is 23.6. The Morgan fingerprint density at radius 3 is 2.91 bits per heavy atom. The van der Waals surface area contributed by atoms with E-state index in [1.165, 1.54) is 6.20 Å². The van der Waals surface area contributed by atoms with Crippen LogP contribution in [-0.4, -0.2) is 65.8 Å². The molecule has 0 bridgehead atoms. The van der Waals surface area contributed by atoms with E-state index in [9.17, 15) is 4.79 Å². The number of allylic oxidation sites excluding steroid dienone is 1.